The van der Waals surface area contributed by atoms with Crippen molar-refractivity contribution in [2.24, 2.45) is 0 Å². The molecule has 0 aromatic heterocycles. The summed E-state index contributed by atoms with van der Waals surface area (Å²) in [7, 11) is 0. The Bertz CT molecular complexity index is 58.6. The third-order valence-electron chi connectivity index (χ3n) is 0. The largest absolute Gasteiger partial charge is 0 e. The SMILES string of the molecule is O.O=[As](O)(O)O.[K].[Ti]. The van der Waals surface area contributed by atoms with Crippen molar-refractivity contribution >= 4 is 65.9 Å². The molecule has 5 N–H and O–H groups in total. The van der Waals surface area contributed by atoms with Crippen molar-refractivity contribution in [2.45, 2.75) is 0 Å². The quantitative estimate of drug-likeness (QED) is 0.388. The first-order valence-corrected chi connectivity index (χ1v) is 4.07. The van der Waals surface area contributed by atoms with Crippen LogP contribution in [0.3, 0.4) is 0 Å². The van der Waals surface area contributed by atoms with Crippen LogP contribution in [-0.2, 0) is 25.5 Å². The van der Waals surface area contributed by atoms with E-state index in [2.05, 4.69) is 0 Å². The van der Waals surface area contributed by atoms with Crippen LogP contribution in [0.25, 0.3) is 0 Å². The molecule has 45 valence electrons. The molecule has 0 amide bonds. The van der Waals surface area contributed by atoms with Gasteiger partial charge in [0.05, 0.1) is 0 Å². The molecule has 0 saturated heterocycles. The van der Waals surface area contributed by atoms with E-state index in [1.165, 1.54) is 0 Å². The minimum atomic E-state index is -5.12. The van der Waals surface area contributed by atoms with Gasteiger partial charge >= 0.3 is 30.5 Å². The summed E-state index contributed by atoms with van der Waals surface area (Å²) in [6.07, 6.45) is 0. The average molecular weight is 247 g/mol. The molecule has 8 heavy (non-hydrogen) atoms. The molecule has 0 heterocycles. The van der Waals surface area contributed by atoms with E-state index < -0.39 is 14.5 Å². The first-order valence-electron chi connectivity index (χ1n) is 0.783. The predicted molar refractivity (Wildman–Crippen MR) is 22.5 cm³/mol. The Morgan fingerprint density at radius 1 is 1.12 bits per heavy atom. The molecule has 0 spiro atoms. The molecule has 0 bridgehead atoms. The fourth-order valence-electron chi connectivity index (χ4n) is 0. The fourth-order valence-corrected chi connectivity index (χ4v) is 0. The summed E-state index contributed by atoms with van der Waals surface area (Å²) >= 11 is -5.12. The normalized spacial score (nSPS) is 7.38. The molecule has 0 aromatic rings. The van der Waals surface area contributed by atoms with Gasteiger partial charge < -0.3 is 5.48 Å². The van der Waals surface area contributed by atoms with Crippen LogP contribution in [0, 0.1) is 0 Å². The van der Waals surface area contributed by atoms with Crippen molar-refractivity contribution < 1.29 is 43.2 Å². The molecule has 0 aliphatic rings. The number of rotatable bonds is 0. The maximum Gasteiger partial charge on any atom is 0 e. The summed E-state index contributed by atoms with van der Waals surface area (Å²) in [5, 5.41) is 0. The van der Waals surface area contributed by atoms with E-state index in [9.17, 15) is 0 Å². The van der Waals surface area contributed by atoms with Crippen molar-refractivity contribution in [3.8, 4) is 0 Å². The van der Waals surface area contributed by atoms with Crippen LogP contribution in [0.2, 0.25) is 0 Å². The van der Waals surface area contributed by atoms with Gasteiger partial charge in [-0.2, -0.15) is 0 Å². The first kappa shape index (κ1) is 22.4. The topological polar surface area (TPSA) is 109 Å². The second-order valence-corrected chi connectivity index (χ2v) is 2.67. The molecule has 1 radical (unpaired) electrons. The molecule has 5 nitrogen and oxygen atoms in total. The van der Waals surface area contributed by atoms with Crippen LogP contribution in [0.5, 0.6) is 0 Å². The molecule has 0 unspecified atom stereocenters. The Kier molecular flexibility index (Phi) is 26.8. The molecule has 0 fully saturated rings. The van der Waals surface area contributed by atoms with E-state index in [4.69, 9.17) is 16.0 Å². The number of hydrogen-bond donors (Lipinski definition) is 3. The molecule has 0 saturated carbocycles. The smallest absolute Gasteiger partial charge is 0 e. The minimum Gasteiger partial charge on any atom is 0 e. The van der Waals surface area contributed by atoms with Crippen LogP contribution < -0.4 is 0 Å². The summed E-state index contributed by atoms with van der Waals surface area (Å²) < 4.78 is 30.7. The minimum absolute atomic E-state index is 0. The van der Waals surface area contributed by atoms with Crippen LogP contribution in [-0.4, -0.2) is 83.7 Å². The summed E-state index contributed by atoms with van der Waals surface area (Å²) in [5.74, 6) is 0. The predicted octanol–water partition coefficient (Wildman–Crippen LogP) is -3.38. The van der Waals surface area contributed by atoms with Gasteiger partial charge in [-0.15, -0.1) is 0 Å². The van der Waals surface area contributed by atoms with Gasteiger partial charge in [-0.3, -0.25) is 0 Å². The standard InChI is InChI=1S/AsH3O4.K.H2O.Ti/c2-1(3,4)5;;;/h(H3,2,3,4,5);;1H2;. The second kappa shape index (κ2) is 9.55. The summed E-state index contributed by atoms with van der Waals surface area (Å²) in [5.41, 5.74) is 0. The third kappa shape index (κ3) is 75.0. The van der Waals surface area contributed by atoms with Gasteiger partial charge in [0.1, 0.15) is 0 Å². The zero-order valence-corrected chi connectivity index (χ0v) is 10.8. The van der Waals surface area contributed by atoms with Crippen LogP contribution >= 0.6 is 0 Å². The zero-order valence-electron chi connectivity index (χ0n) is 4.20. The van der Waals surface area contributed by atoms with Crippen molar-refractivity contribution in [3.05, 3.63) is 0 Å². The fraction of sp³-hybridized carbons (Fsp3) is 0. The first-order chi connectivity index (χ1) is 2.00. The van der Waals surface area contributed by atoms with Gasteiger partial charge in [-0.1, -0.05) is 0 Å². The Morgan fingerprint density at radius 3 is 1.12 bits per heavy atom. The van der Waals surface area contributed by atoms with E-state index in [1.807, 2.05) is 0 Å². The van der Waals surface area contributed by atoms with Crippen molar-refractivity contribution in [2.75, 3.05) is 0 Å². The molecule has 0 atom stereocenters. The third-order valence-corrected chi connectivity index (χ3v) is 0. The van der Waals surface area contributed by atoms with E-state index in [0.29, 0.717) is 0 Å². The Labute approximate surface area is 107 Å². The van der Waals surface area contributed by atoms with E-state index >= 15 is 0 Å². The monoisotopic (exact) mass is 247 g/mol. The van der Waals surface area contributed by atoms with Gasteiger partial charge in [0, 0.05) is 73.1 Å². The zero-order chi connectivity index (χ0) is 4.50. The molecule has 8 heteroatoms. The molecule has 0 aromatic carbocycles. The van der Waals surface area contributed by atoms with Crippen molar-refractivity contribution in [1.29, 1.82) is 0 Å². The average Bonchev–Trinajstić information content (AvgIpc) is 0.722. The van der Waals surface area contributed by atoms with Gasteiger partial charge in [0.2, 0.25) is 0 Å². The Hall–Kier alpha value is 2.55. The van der Waals surface area contributed by atoms with Crippen LogP contribution in [0.1, 0.15) is 0 Å². The molecular formula is H5AsKO5Ti. The maximum absolute atomic E-state index is 8.94. The van der Waals surface area contributed by atoms with Gasteiger partial charge in [-0.25, -0.2) is 0 Å². The van der Waals surface area contributed by atoms with E-state index in [1.54, 1.807) is 0 Å². The van der Waals surface area contributed by atoms with Crippen LogP contribution in [0.15, 0.2) is 0 Å². The van der Waals surface area contributed by atoms with Crippen LogP contribution in [0.4, 0.5) is 0 Å². The van der Waals surface area contributed by atoms with Gasteiger partial charge in [0.15, 0.2) is 0 Å². The maximum atomic E-state index is 8.94. The second-order valence-electron chi connectivity index (χ2n) is 0.513. The summed E-state index contributed by atoms with van der Waals surface area (Å²) in [4.78, 5) is 0. The molecule has 0 aliphatic heterocycles. The van der Waals surface area contributed by atoms with Crippen molar-refractivity contribution in [1.82, 2.24) is 0 Å². The summed E-state index contributed by atoms with van der Waals surface area (Å²) in [6, 6.07) is 0. The Balaban J connectivity index is -0.0000000267. The Morgan fingerprint density at radius 2 is 1.12 bits per heavy atom. The molecular weight excluding hydrogens is 242 g/mol. The van der Waals surface area contributed by atoms with E-state index in [0.717, 1.165) is 0 Å². The van der Waals surface area contributed by atoms with Gasteiger partial charge in [-0.05, 0) is 0 Å². The number of hydrogen-bond acceptors (Lipinski definition) is 1. The van der Waals surface area contributed by atoms with E-state index in [-0.39, 0.29) is 78.6 Å². The molecule has 0 rings (SSSR count). The van der Waals surface area contributed by atoms with Gasteiger partial charge in [0.25, 0.3) is 0 Å². The summed E-state index contributed by atoms with van der Waals surface area (Å²) in [6.45, 7) is 0. The van der Waals surface area contributed by atoms with Crippen molar-refractivity contribution in [3.63, 3.8) is 0 Å². The molecule has 0 aliphatic carbocycles.